The molecule has 0 bridgehead atoms. The lowest BCUT2D eigenvalue weighted by Gasteiger charge is -2.22. The standard InChI is InChI=1S/C16H28N4O.ClH/c1-12-14(11-19-20(12)16(2,3)4)15(21)18-9-7-13-6-5-8-17-10-13;/h11,13,17H,5-10H2,1-4H3,(H,18,21);1H. The number of hydrogen-bond donors (Lipinski definition) is 2. The largest absolute Gasteiger partial charge is 0.352 e. The molecule has 2 heterocycles. The Morgan fingerprint density at radius 1 is 1.50 bits per heavy atom. The summed E-state index contributed by atoms with van der Waals surface area (Å²) in [6.07, 6.45) is 5.24. The van der Waals surface area contributed by atoms with Gasteiger partial charge in [0.1, 0.15) is 0 Å². The molecule has 0 spiro atoms. The van der Waals surface area contributed by atoms with Crippen LogP contribution in [0.3, 0.4) is 0 Å². The van der Waals surface area contributed by atoms with E-state index in [1.807, 2.05) is 11.6 Å². The van der Waals surface area contributed by atoms with E-state index >= 15 is 0 Å². The van der Waals surface area contributed by atoms with Gasteiger partial charge in [0, 0.05) is 12.2 Å². The van der Waals surface area contributed by atoms with Crippen molar-refractivity contribution < 1.29 is 4.79 Å². The number of carbonyl (C=O) groups is 1. The number of piperidine rings is 1. The first-order valence-electron chi connectivity index (χ1n) is 7.93. The maximum atomic E-state index is 12.3. The topological polar surface area (TPSA) is 59.0 Å². The Morgan fingerprint density at radius 3 is 2.77 bits per heavy atom. The molecule has 1 aromatic heterocycles. The lowest BCUT2D eigenvalue weighted by Crippen LogP contribution is -2.33. The Morgan fingerprint density at radius 2 is 2.23 bits per heavy atom. The van der Waals surface area contributed by atoms with Crippen molar-refractivity contribution in [3.8, 4) is 0 Å². The summed E-state index contributed by atoms with van der Waals surface area (Å²) in [6, 6.07) is 0. The van der Waals surface area contributed by atoms with Crippen LogP contribution in [0.15, 0.2) is 6.20 Å². The Bertz CT molecular complexity index is 487. The van der Waals surface area contributed by atoms with Gasteiger partial charge >= 0.3 is 0 Å². The van der Waals surface area contributed by atoms with E-state index < -0.39 is 0 Å². The van der Waals surface area contributed by atoms with Gasteiger partial charge < -0.3 is 10.6 Å². The van der Waals surface area contributed by atoms with Crippen LogP contribution in [0.2, 0.25) is 0 Å². The molecule has 22 heavy (non-hydrogen) atoms. The monoisotopic (exact) mass is 328 g/mol. The average Bonchev–Trinajstić information content (AvgIpc) is 2.81. The molecule has 0 saturated carbocycles. The van der Waals surface area contributed by atoms with Gasteiger partial charge in [0.05, 0.1) is 17.3 Å². The minimum Gasteiger partial charge on any atom is -0.352 e. The molecule has 1 atom stereocenters. The van der Waals surface area contributed by atoms with Gasteiger partial charge in [0.25, 0.3) is 5.91 Å². The van der Waals surface area contributed by atoms with Gasteiger partial charge in [-0.05, 0) is 66.0 Å². The first kappa shape index (κ1) is 19.0. The molecule has 0 aromatic carbocycles. The minimum absolute atomic E-state index is 0. The summed E-state index contributed by atoms with van der Waals surface area (Å²) in [4.78, 5) is 12.3. The van der Waals surface area contributed by atoms with E-state index in [9.17, 15) is 4.79 Å². The predicted molar refractivity (Wildman–Crippen MR) is 91.8 cm³/mol. The smallest absolute Gasteiger partial charge is 0.254 e. The van der Waals surface area contributed by atoms with Gasteiger partial charge in [-0.15, -0.1) is 12.4 Å². The zero-order valence-corrected chi connectivity index (χ0v) is 14.9. The molecule has 2 N–H and O–H groups in total. The van der Waals surface area contributed by atoms with Crippen LogP contribution in [0.5, 0.6) is 0 Å². The maximum absolute atomic E-state index is 12.3. The summed E-state index contributed by atoms with van der Waals surface area (Å²) < 4.78 is 1.91. The number of nitrogens with zero attached hydrogens (tertiary/aromatic N) is 2. The molecule has 0 radical (unpaired) electrons. The fourth-order valence-electron chi connectivity index (χ4n) is 2.96. The lowest BCUT2D eigenvalue weighted by molar-refractivity contribution is 0.0949. The molecule has 2 rings (SSSR count). The van der Waals surface area contributed by atoms with Crippen molar-refractivity contribution in [3.05, 3.63) is 17.5 Å². The summed E-state index contributed by atoms with van der Waals surface area (Å²) in [6.45, 7) is 11.2. The fourth-order valence-corrected chi connectivity index (χ4v) is 2.96. The molecule has 1 amide bonds. The highest BCUT2D eigenvalue weighted by atomic mass is 35.5. The van der Waals surface area contributed by atoms with Crippen LogP contribution in [0, 0.1) is 12.8 Å². The van der Waals surface area contributed by atoms with Crippen LogP contribution in [0.1, 0.15) is 56.1 Å². The van der Waals surface area contributed by atoms with Crippen LogP contribution in [-0.4, -0.2) is 35.3 Å². The van der Waals surface area contributed by atoms with E-state index in [-0.39, 0.29) is 23.9 Å². The molecule has 6 heteroatoms. The van der Waals surface area contributed by atoms with Crippen LogP contribution >= 0.6 is 12.4 Å². The molecule has 1 aromatic rings. The van der Waals surface area contributed by atoms with Crippen LogP contribution in [0.4, 0.5) is 0 Å². The molecular weight excluding hydrogens is 300 g/mol. The molecule has 1 aliphatic rings. The summed E-state index contributed by atoms with van der Waals surface area (Å²) in [7, 11) is 0. The number of carbonyl (C=O) groups excluding carboxylic acids is 1. The van der Waals surface area contributed by atoms with Crippen molar-refractivity contribution >= 4 is 18.3 Å². The van der Waals surface area contributed by atoms with Crippen molar-refractivity contribution in [2.24, 2.45) is 5.92 Å². The summed E-state index contributed by atoms with van der Waals surface area (Å²) in [5, 5.41) is 10.8. The second-order valence-corrected chi connectivity index (χ2v) is 6.98. The van der Waals surface area contributed by atoms with E-state index in [1.54, 1.807) is 6.20 Å². The Balaban J connectivity index is 0.00000242. The first-order valence-corrected chi connectivity index (χ1v) is 7.93. The van der Waals surface area contributed by atoms with E-state index in [0.717, 1.165) is 31.7 Å². The number of hydrogen-bond acceptors (Lipinski definition) is 3. The normalized spacial score (nSPS) is 18.6. The Hall–Kier alpha value is -1.07. The molecule has 1 unspecified atom stereocenters. The number of aromatic nitrogens is 2. The SMILES string of the molecule is Cc1c(C(=O)NCCC2CCCNC2)cnn1C(C)(C)C.Cl. The summed E-state index contributed by atoms with van der Waals surface area (Å²) >= 11 is 0. The summed E-state index contributed by atoms with van der Waals surface area (Å²) in [5.74, 6) is 0.684. The quantitative estimate of drug-likeness (QED) is 0.892. The lowest BCUT2D eigenvalue weighted by atomic mass is 9.96. The molecule has 1 fully saturated rings. The highest BCUT2D eigenvalue weighted by Gasteiger charge is 2.21. The van der Waals surface area contributed by atoms with Crippen LogP contribution < -0.4 is 10.6 Å². The molecule has 5 nitrogen and oxygen atoms in total. The van der Waals surface area contributed by atoms with E-state index in [4.69, 9.17) is 0 Å². The number of nitrogens with one attached hydrogen (secondary N) is 2. The Kier molecular flexibility index (Phi) is 6.88. The van der Waals surface area contributed by atoms with E-state index in [1.165, 1.54) is 12.8 Å². The summed E-state index contributed by atoms with van der Waals surface area (Å²) in [5.41, 5.74) is 1.52. The average molecular weight is 329 g/mol. The van der Waals surface area contributed by atoms with Crippen molar-refractivity contribution in [1.29, 1.82) is 0 Å². The number of amides is 1. The third kappa shape index (κ3) is 4.71. The van der Waals surface area contributed by atoms with Gasteiger partial charge in [-0.3, -0.25) is 9.48 Å². The van der Waals surface area contributed by atoms with Crippen molar-refractivity contribution in [2.75, 3.05) is 19.6 Å². The van der Waals surface area contributed by atoms with Gasteiger partial charge in [-0.25, -0.2) is 0 Å². The molecule has 0 aliphatic carbocycles. The van der Waals surface area contributed by atoms with E-state index in [2.05, 4.69) is 36.5 Å². The van der Waals surface area contributed by atoms with Crippen molar-refractivity contribution in [3.63, 3.8) is 0 Å². The van der Waals surface area contributed by atoms with Crippen LogP contribution in [-0.2, 0) is 5.54 Å². The predicted octanol–water partition coefficient (Wildman–Crippen LogP) is 2.49. The maximum Gasteiger partial charge on any atom is 0.254 e. The van der Waals surface area contributed by atoms with E-state index in [0.29, 0.717) is 11.5 Å². The highest BCUT2D eigenvalue weighted by Crippen LogP contribution is 2.18. The van der Waals surface area contributed by atoms with Crippen molar-refractivity contribution in [1.82, 2.24) is 20.4 Å². The number of rotatable bonds is 4. The highest BCUT2D eigenvalue weighted by molar-refractivity contribution is 5.95. The zero-order valence-electron chi connectivity index (χ0n) is 14.1. The third-order valence-electron chi connectivity index (χ3n) is 4.13. The van der Waals surface area contributed by atoms with Gasteiger partial charge in [-0.2, -0.15) is 5.10 Å². The third-order valence-corrected chi connectivity index (χ3v) is 4.13. The second-order valence-electron chi connectivity index (χ2n) is 6.98. The Labute approximate surface area is 139 Å². The van der Waals surface area contributed by atoms with Crippen molar-refractivity contribution in [2.45, 2.75) is 52.5 Å². The number of halogens is 1. The molecular formula is C16H29ClN4O. The fraction of sp³-hybridized carbons (Fsp3) is 0.750. The molecule has 1 aliphatic heterocycles. The minimum atomic E-state index is -0.101. The zero-order chi connectivity index (χ0) is 15.5. The molecule has 1 saturated heterocycles. The second kappa shape index (κ2) is 7.97. The van der Waals surface area contributed by atoms with Gasteiger partial charge in [-0.1, -0.05) is 0 Å². The first-order chi connectivity index (χ1) is 9.89. The van der Waals surface area contributed by atoms with Gasteiger partial charge in [0.15, 0.2) is 0 Å². The molecule has 126 valence electrons. The van der Waals surface area contributed by atoms with Gasteiger partial charge in [0.2, 0.25) is 0 Å². The van der Waals surface area contributed by atoms with Crippen LogP contribution in [0.25, 0.3) is 0 Å².